The largest absolute Gasteiger partial charge is 0.465 e. The lowest BCUT2D eigenvalue weighted by Crippen LogP contribution is -2.41. The van der Waals surface area contributed by atoms with Gasteiger partial charge in [-0.25, -0.2) is 8.42 Å². The van der Waals surface area contributed by atoms with Crippen LogP contribution in [0, 0.1) is 6.92 Å². The van der Waals surface area contributed by atoms with Crippen LogP contribution >= 0.6 is 0 Å². The summed E-state index contributed by atoms with van der Waals surface area (Å²) in [5.41, 5.74) is 1.40. The number of hydrogen-bond donors (Lipinski definition) is 2. The topological polar surface area (TPSA) is 105 Å². The standard InChI is InChI=1S/C19H20N2O5S/c1-13-4-6-14(7-5-13)18(22)21-17(11-16-3-2-9-26-16)19(23)20-15-8-10-27(24,25)12-15/h2-7,9,11,15H,8,10,12H2,1H3,(H,20,23)(H,21,22)/b17-11-/t15-/m1/s1. The van der Waals surface area contributed by atoms with Crippen molar-refractivity contribution >= 4 is 27.7 Å². The van der Waals surface area contributed by atoms with E-state index in [0.717, 1.165) is 5.56 Å². The Morgan fingerprint density at radius 3 is 2.52 bits per heavy atom. The molecule has 0 unspecified atom stereocenters. The fraction of sp³-hybridized carbons (Fsp3) is 0.263. The predicted molar refractivity (Wildman–Crippen MR) is 101 cm³/mol. The number of amides is 2. The lowest BCUT2D eigenvalue weighted by atomic mass is 10.1. The van der Waals surface area contributed by atoms with Gasteiger partial charge in [0.25, 0.3) is 11.8 Å². The summed E-state index contributed by atoms with van der Waals surface area (Å²) in [5, 5.41) is 5.26. The van der Waals surface area contributed by atoms with E-state index in [-0.39, 0.29) is 17.2 Å². The van der Waals surface area contributed by atoms with Gasteiger partial charge < -0.3 is 15.1 Å². The summed E-state index contributed by atoms with van der Waals surface area (Å²) in [6.07, 6.45) is 3.21. The van der Waals surface area contributed by atoms with Crippen LogP contribution in [0.2, 0.25) is 0 Å². The number of nitrogens with one attached hydrogen (secondary N) is 2. The number of rotatable bonds is 5. The van der Waals surface area contributed by atoms with Gasteiger partial charge in [-0.05, 0) is 37.6 Å². The molecule has 1 aliphatic rings. The van der Waals surface area contributed by atoms with Crippen molar-refractivity contribution in [2.24, 2.45) is 0 Å². The Hall–Kier alpha value is -2.87. The fourth-order valence-electron chi connectivity index (χ4n) is 2.75. The summed E-state index contributed by atoms with van der Waals surface area (Å²) in [6, 6.07) is 9.76. The van der Waals surface area contributed by atoms with E-state index in [1.165, 1.54) is 12.3 Å². The molecule has 2 aromatic rings. The molecule has 1 aromatic carbocycles. The third-order valence-corrected chi connectivity index (χ3v) is 5.97. The number of hydrogen-bond acceptors (Lipinski definition) is 5. The minimum absolute atomic E-state index is 0.0141. The lowest BCUT2D eigenvalue weighted by Gasteiger charge is -2.14. The molecule has 27 heavy (non-hydrogen) atoms. The molecule has 1 saturated heterocycles. The van der Waals surface area contributed by atoms with Crippen molar-refractivity contribution in [3.05, 3.63) is 65.2 Å². The second-order valence-corrected chi connectivity index (χ2v) is 8.70. The van der Waals surface area contributed by atoms with Crippen LogP contribution in [-0.2, 0) is 14.6 Å². The summed E-state index contributed by atoms with van der Waals surface area (Å²) < 4.78 is 28.4. The summed E-state index contributed by atoms with van der Waals surface area (Å²) in [7, 11) is -3.13. The van der Waals surface area contributed by atoms with Crippen molar-refractivity contribution in [2.75, 3.05) is 11.5 Å². The van der Waals surface area contributed by atoms with Crippen LogP contribution < -0.4 is 10.6 Å². The van der Waals surface area contributed by atoms with E-state index < -0.39 is 27.7 Å². The Bertz CT molecular complexity index is 960. The van der Waals surface area contributed by atoms with Gasteiger partial charge in [-0.15, -0.1) is 0 Å². The highest BCUT2D eigenvalue weighted by Gasteiger charge is 2.30. The summed E-state index contributed by atoms with van der Waals surface area (Å²) in [5.74, 6) is -0.664. The van der Waals surface area contributed by atoms with E-state index in [4.69, 9.17) is 4.42 Å². The average molecular weight is 388 g/mol. The number of carbonyl (C=O) groups is 2. The van der Waals surface area contributed by atoms with Crippen molar-refractivity contribution in [3.8, 4) is 0 Å². The zero-order valence-corrected chi connectivity index (χ0v) is 15.6. The molecule has 3 rings (SSSR count). The van der Waals surface area contributed by atoms with Crippen molar-refractivity contribution in [1.29, 1.82) is 0 Å². The van der Waals surface area contributed by atoms with Gasteiger partial charge in [0.15, 0.2) is 9.84 Å². The average Bonchev–Trinajstić information content (AvgIpc) is 3.24. The zero-order valence-electron chi connectivity index (χ0n) is 14.8. The van der Waals surface area contributed by atoms with Gasteiger partial charge in [0.2, 0.25) is 0 Å². The third-order valence-electron chi connectivity index (χ3n) is 4.20. The monoisotopic (exact) mass is 388 g/mol. The Labute approximate surface area is 157 Å². The Balaban J connectivity index is 1.77. The van der Waals surface area contributed by atoms with E-state index in [0.29, 0.717) is 17.7 Å². The van der Waals surface area contributed by atoms with Crippen molar-refractivity contribution in [2.45, 2.75) is 19.4 Å². The van der Waals surface area contributed by atoms with Gasteiger partial charge in [0.1, 0.15) is 11.5 Å². The first-order valence-corrected chi connectivity index (χ1v) is 10.3. The molecule has 0 saturated carbocycles. The second-order valence-electron chi connectivity index (χ2n) is 6.47. The first-order chi connectivity index (χ1) is 12.8. The molecule has 2 N–H and O–H groups in total. The van der Waals surface area contributed by atoms with Crippen molar-refractivity contribution in [1.82, 2.24) is 10.6 Å². The van der Waals surface area contributed by atoms with Crippen LogP contribution in [0.15, 0.2) is 52.8 Å². The summed E-state index contributed by atoms with van der Waals surface area (Å²) in [6.45, 7) is 1.91. The molecule has 1 fully saturated rings. The molecule has 0 spiro atoms. The lowest BCUT2D eigenvalue weighted by molar-refractivity contribution is -0.118. The number of benzene rings is 1. The highest BCUT2D eigenvalue weighted by molar-refractivity contribution is 7.91. The number of carbonyl (C=O) groups excluding carboxylic acids is 2. The van der Waals surface area contributed by atoms with E-state index in [1.807, 2.05) is 6.92 Å². The molecule has 0 bridgehead atoms. The Morgan fingerprint density at radius 2 is 1.93 bits per heavy atom. The third kappa shape index (κ3) is 5.07. The molecule has 7 nitrogen and oxygen atoms in total. The SMILES string of the molecule is Cc1ccc(C(=O)N/C(=C\c2ccco2)C(=O)N[C@@H]2CCS(=O)(=O)C2)cc1. The maximum absolute atomic E-state index is 12.6. The molecular formula is C19H20N2O5S. The van der Waals surface area contributed by atoms with Crippen LogP contribution in [0.1, 0.15) is 28.1 Å². The number of furan rings is 1. The fourth-order valence-corrected chi connectivity index (χ4v) is 4.42. The van der Waals surface area contributed by atoms with E-state index in [1.54, 1.807) is 36.4 Å². The molecule has 2 heterocycles. The minimum atomic E-state index is -3.13. The molecule has 0 aliphatic carbocycles. The minimum Gasteiger partial charge on any atom is -0.465 e. The van der Waals surface area contributed by atoms with Crippen LogP contribution in [0.4, 0.5) is 0 Å². The molecule has 1 aliphatic heterocycles. The molecular weight excluding hydrogens is 368 g/mol. The second kappa shape index (κ2) is 7.79. The Morgan fingerprint density at radius 1 is 1.19 bits per heavy atom. The normalized spacial score (nSPS) is 18.9. The number of sulfone groups is 1. The summed E-state index contributed by atoms with van der Waals surface area (Å²) in [4.78, 5) is 25.1. The highest BCUT2D eigenvalue weighted by Crippen LogP contribution is 2.13. The number of aryl methyl sites for hydroxylation is 1. The van der Waals surface area contributed by atoms with E-state index in [2.05, 4.69) is 10.6 Å². The van der Waals surface area contributed by atoms with Crippen LogP contribution in [0.25, 0.3) is 6.08 Å². The highest BCUT2D eigenvalue weighted by atomic mass is 32.2. The Kier molecular flexibility index (Phi) is 5.46. The van der Waals surface area contributed by atoms with Gasteiger partial charge in [-0.2, -0.15) is 0 Å². The smallest absolute Gasteiger partial charge is 0.268 e. The van der Waals surface area contributed by atoms with Crippen molar-refractivity contribution < 1.29 is 22.4 Å². The maximum atomic E-state index is 12.6. The predicted octanol–water partition coefficient (Wildman–Crippen LogP) is 1.66. The molecule has 0 radical (unpaired) electrons. The van der Waals surface area contributed by atoms with Gasteiger partial charge >= 0.3 is 0 Å². The van der Waals surface area contributed by atoms with Gasteiger partial charge in [-0.3, -0.25) is 9.59 Å². The summed E-state index contributed by atoms with van der Waals surface area (Å²) >= 11 is 0. The van der Waals surface area contributed by atoms with Crippen molar-refractivity contribution in [3.63, 3.8) is 0 Å². The molecule has 142 valence electrons. The van der Waals surface area contributed by atoms with Gasteiger partial charge in [0, 0.05) is 17.7 Å². The van der Waals surface area contributed by atoms with E-state index in [9.17, 15) is 18.0 Å². The van der Waals surface area contributed by atoms with Crippen LogP contribution in [0.3, 0.4) is 0 Å². The first-order valence-electron chi connectivity index (χ1n) is 8.47. The maximum Gasteiger partial charge on any atom is 0.268 e. The molecule has 1 atom stereocenters. The van der Waals surface area contributed by atoms with E-state index >= 15 is 0 Å². The van der Waals surface area contributed by atoms with Gasteiger partial charge in [-0.1, -0.05) is 17.7 Å². The molecule has 8 heteroatoms. The van der Waals surface area contributed by atoms with Crippen LogP contribution in [0.5, 0.6) is 0 Å². The molecule has 2 amide bonds. The molecule has 1 aromatic heterocycles. The van der Waals surface area contributed by atoms with Crippen LogP contribution in [-0.4, -0.2) is 37.8 Å². The quantitative estimate of drug-likeness (QED) is 0.758. The first kappa shape index (κ1) is 18.9. The van der Waals surface area contributed by atoms with Gasteiger partial charge in [0.05, 0.1) is 17.8 Å². The zero-order chi connectivity index (χ0) is 19.4.